The average molecular weight is 235 g/mol. The van der Waals surface area contributed by atoms with E-state index in [0.717, 1.165) is 17.0 Å². The molecule has 0 amide bonds. The monoisotopic (exact) mass is 235 g/mol. The number of pyridine rings is 1. The molecule has 2 N–H and O–H groups in total. The maximum atomic E-state index is 5.88. The number of oxazole rings is 1. The molecule has 0 aliphatic heterocycles. The largest absolute Gasteiger partial charge is 0.440 e. The van der Waals surface area contributed by atoms with E-state index in [1.54, 1.807) is 18.7 Å². The van der Waals surface area contributed by atoms with Crippen LogP contribution in [0.15, 0.2) is 45.3 Å². The minimum atomic E-state index is 0.0146. The van der Waals surface area contributed by atoms with Crippen LogP contribution >= 0.6 is 11.8 Å². The van der Waals surface area contributed by atoms with Crippen molar-refractivity contribution >= 4 is 11.8 Å². The smallest absolute Gasteiger partial charge is 0.260 e. The lowest BCUT2D eigenvalue weighted by Gasteiger charge is -2.07. The molecule has 0 aliphatic rings. The molecule has 5 heteroatoms. The molecule has 0 spiro atoms. The van der Waals surface area contributed by atoms with E-state index in [4.69, 9.17) is 10.2 Å². The molecule has 0 saturated carbocycles. The van der Waals surface area contributed by atoms with Crippen LogP contribution in [0, 0.1) is 0 Å². The van der Waals surface area contributed by atoms with Crippen molar-refractivity contribution in [2.45, 2.75) is 29.5 Å². The first kappa shape index (κ1) is 11.2. The molecule has 2 rings (SSSR count). The van der Waals surface area contributed by atoms with Crippen molar-refractivity contribution < 1.29 is 4.42 Å². The van der Waals surface area contributed by atoms with Gasteiger partial charge in [-0.15, -0.1) is 0 Å². The summed E-state index contributed by atoms with van der Waals surface area (Å²) in [5.41, 5.74) is 6.80. The molecule has 1 unspecified atom stereocenters. The molecular formula is C11H13N3OS. The predicted octanol–water partition coefficient (Wildman–Crippen LogP) is 2.63. The molecular weight excluding hydrogens is 222 g/mol. The lowest BCUT2D eigenvalue weighted by molar-refractivity contribution is 0.454. The Labute approximate surface area is 98.3 Å². The molecule has 0 aliphatic carbocycles. The van der Waals surface area contributed by atoms with Gasteiger partial charge in [0, 0.05) is 17.1 Å². The van der Waals surface area contributed by atoms with Crippen molar-refractivity contribution in [3.63, 3.8) is 0 Å². The zero-order valence-electron chi connectivity index (χ0n) is 8.96. The van der Waals surface area contributed by atoms with Crippen LogP contribution in [-0.2, 0) is 0 Å². The highest BCUT2D eigenvalue weighted by Gasteiger charge is 2.06. The lowest BCUT2D eigenvalue weighted by Crippen LogP contribution is -2.10. The fourth-order valence-corrected chi connectivity index (χ4v) is 1.90. The van der Waals surface area contributed by atoms with Crippen LogP contribution in [0.1, 0.15) is 25.1 Å². The van der Waals surface area contributed by atoms with Crippen molar-refractivity contribution in [3.05, 3.63) is 36.5 Å². The summed E-state index contributed by atoms with van der Waals surface area (Å²) in [6.45, 7) is 2.04. The second kappa shape index (κ2) is 5.14. The van der Waals surface area contributed by atoms with Gasteiger partial charge in [-0.25, -0.2) is 4.98 Å². The highest BCUT2D eigenvalue weighted by molar-refractivity contribution is 7.99. The third-order valence-corrected chi connectivity index (χ3v) is 3.05. The molecule has 0 bridgehead atoms. The highest BCUT2D eigenvalue weighted by Crippen LogP contribution is 2.25. The van der Waals surface area contributed by atoms with Crippen LogP contribution in [0.3, 0.4) is 0 Å². The molecule has 2 aromatic heterocycles. The van der Waals surface area contributed by atoms with Crippen LogP contribution in [0.4, 0.5) is 0 Å². The lowest BCUT2D eigenvalue weighted by atomic mass is 10.1. The zero-order valence-corrected chi connectivity index (χ0v) is 9.78. The van der Waals surface area contributed by atoms with Crippen LogP contribution in [-0.4, -0.2) is 9.97 Å². The van der Waals surface area contributed by atoms with Crippen LogP contribution in [0.25, 0.3) is 0 Å². The Morgan fingerprint density at radius 1 is 1.44 bits per heavy atom. The average Bonchev–Trinajstić information content (AvgIpc) is 2.82. The highest BCUT2D eigenvalue weighted by atomic mass is 32.2. The SMILES string of the molecule is CCC(N)c1ccc(Sc2ncco2)cn1. The fourth-order valence-electron chi connectivity index (χ4n) is 1.24. The van der Waals surface area contributed by atoms with Crippen molar-refractivity contribution in [1.82, 2.24) is 9.97 Å². The fraction of sp³-hybridized carbons (Fsp3) is 0.273. The first-order valence-corrected chi connectivity index (χ1v) is 5.90. The van der Waals surface area contributed by atoms with Gasteiger partial charge in [-0.05, 0) is 30.3 Å². The van der Waals surface area contributed by atoms with Gasteiger partial charge in [-0.2, -0.15) is 0 Å². The molecule has 84 valence electrons. The number of nitrogens with zero attached hydrogens (tertiary/aromatic N) is 2. The van der Waals surface area contributed by atoms with Crippen molar-refractivity contribution in [1.29, 1.82) is 0 Å². The first-order chi connectivity index (χ1) is 7.79. The predicted molar refractivity (Wildman–Crippen MR) is 62.1 cm³/mol. The van der Waals surface area contributed by atoms with Gasteiger partial charge in [0.2, 0.25) is 0 Å². The quantitative estimate of drug-likeness (QED) is 0.882. The maximum Gasteiger partial charge on any atom is 0.260 e. The summed E-state index contributed by atoms with van der Waals surface area (Å²) in [6.07, 6.45) is 5.85. The Kier molecular flexibility index (Phi) is 3.58. The molecule has 2 heterocycles. The van der Waals surface area contributed by atoms with Crippen LogP contribution in [0.2, 0.25) is 0 Å². The number of rotatable bonds is 4. The molecule has 0 aromatic carbocycles. The Balaban J connectivity index is 2.07. The standard InChI is InChI=1S/C11H13N3OS/c1-2-9(12)10-4-3-8(7-14-10)16-11-13-5-6-15-11/h3-7,9H,2,12H2,1H3. The van der Waals surface area contributed by atoms with Crippen molar-refractivity contribution in [2.24, 2.45) is 5.73 Å². The summed E-state index contributed by atoms with van der Waals surface area (Å²) >= 11 is 1.44. The normalized spacial score (nSPS) is 12.6. The van der Waals surface area contributed by atoms with Crippen LogP contribution < -0.4 is 5.73 Å². The molecule has 0 fully saturated rings. The first-order valence-electron chi connectivity index (χ1n) is 5.08. The van der Waals surface area contributed by atoms with Gasteiger partial charge in [0.1, 0.15) is 6.26 Å². The Hall–Kier alpha value is -1.33. The van der Waals surface area contributed by atoms with Crippen molar-refractivity contribution in [3.8, 4) is 0 Å². The van der Waals surface area contributed by atoms with E-state index in [-0.39, 0.29) is 6.04 Å². The van der Waals surface area contributed by atoms with E-state index >= 15 is 0 Å². The van der Waals surface area contributed by atoms with Gasteiger partial charge in [0.25, 0.3) is 5.22 Å². The van der Waals surface area contributed by atoms with E-state index in [9.17, 15) is 0 Å². The summed E-state index contributed by atoms with van der Waals surface area (Å²) in [5, 5.41) is 0.620. The molecule has 16 heavy (non-hydrogen) atoms. The van der Waals surface area contributed by atoms with Gasteiger partial charge in [-0.3, -0.25) is 4.98 Å². The van der Waals surface area contributed by atoms with Gasteiger partial charge < -0.3 is 10.2 Å². The van der Waals surface area contributed by atoms with Crippen molar-refractivity contribution in [2.75, 3.05) is 0 Å². The molecule has 1 atom stereocenters. The summed E-state index contributed by atoms with van der Waals surface area (Å²) < 4.78 is 5.14. The van der Waals surface area contributed by atoms with E-state index in [2.05, 4.69) is 9.97 Å². The summed E-state index contributed by atoms with van der Waals surface area (Å²) in [4.78, 5) is 9.34. The summed E-state index contributed by atoms with van der Waals surface area (Å²) in [5.74, 6) is 0. The van der Waals surface area contributed by atoms with E-state index in [0.29, 0.717) is 5.22 Å². The van der Waals surface area contributed by atoms with E-state index in [1.165, 1.54) is 11.8 Å². The molecule has 4 nitrogen and oxygen atoms in total. The van der Waals surface area contributed by atoms with E-state index in [1.807, 2.05) is 19.1 Å². The number of aromatic nitrogens is 2. The van der Waals surface area contributed by atoms with Gasteiger partial charge in [0.05, 0.1) is 11.9 Å². The Morgan fingerprint density at radius 2 is 2.31 bits per heavy atom. The van der Waals surface area contributed by atoms with Gasteiger partial charge >= 0.3 is 0 Å². The molecule has 0 saturated heterocycles. The summed E-state index contributed by atoms with van der Waals surface area (Å²) in [6, 6.07) is 3.94. The third kappa shape index (κ3) is 2.62. The Bertz CT molecular complexity index is 427. The third-order valence-electron chi connectivity index (χ3n) is 2.19. The van der Waals surface area contributed by atoms with Gasteiger partial charge in [0.15, 0.2) is 0 Å². The number of hydrogen-bond donors (Lipinski definition) is 1. The zero-order chi connectivity index (χ0) is 11.4. The second-order valence-corrected chi connectivity index (χ2v) is 4.36. The number of hydrogen-bond acceptors (Lipinski definition) is 5. The summed E-state index contributed by atoms with van der Waals surface area (Å²) in [7, 11) is 0. The topological polar surface area (TPSA) is 64.9 Å². The van der Waals surface area contributed by atoms with E-state index < -0.39 is 0 Å². The number of nitrogens with two attached hydrogens (primary N) is 1. The minimum Gasteiger partial charge on any atom is -0.440 e. The second-order valence-electron chi connectivity index (χ2n) is 3.33. The Morgan fingerprint density at radius 3 is 2.88 bits per heavy atom. The molecule has 2 aromatic rings. The van der Waals surface area contributed by atoms with Gasteiger partial charge in [-0.1, -0.05) is 6.92 Å². The minimum absolute atomic E-state index is 0.0146. The maximum absolute atomic E-state index is 5.88. The van der Waals surface area contributed by atoms with Crippen LogP contribution in [0.5, 0.6) is 0 Å². The molecule has 0 radical (unpaired) electrons.